The SMILES string of the molecule is Cc1ccc(CC(CCC(F)(F)F)NN)c(Cl)c1. The van der Waals surface area contributed by atoms with Crippen LogP contribution in [0.5, 0.6) is 0 Å². The summed E-state index contributed by atoms with van der Waals surface area (Å²) in [6, 6.07) is 5.04. The van der Waals surface area contributed by atoms with E-state index >= 15 is 0 Å². The summed E-state index contributed by atoms with van der Waals surface area (Å²) < 4.78 is 36.4. The zero-order valence-electron chi connectivity index (χ0n) is 10.0. The third kappa shape index (κ3) is 5.25. The largest absolute Gasteiger partial charge is 0.389 e. The predicted molar refractivity (Wildman–Crippen MR) is 66.3 cm³/mol. The molecule has 0 fully saturated rings. The molecule has 0 aliphatic heterocycles. The molecule has 0 aliphatic rings. The third-order valence-corrected chi connectivity index (χ3v) is 3.04. The minimum Gasteiger partial charge on any atom is -0.271 e. The lowest BCUT2D eigenvalue weighted by Gasteiger charge is -2.17. The van der Waals surface area contributed by atoms with Crippen LogP contribution in [0.1, 0.15) is 24.0 Å². The second-order valence-electron chi connectivity index (χ2n) is 4.32. The number of halogens is 4. The summed E-state index contributed by atoms with van der Waals surface area (Å²) in [5.41, 5.74) is 4.22. The Bertz CT molecular complexity index is 393. The molecule has 0 spiro atoms. The molecule has 0 amide bonds. The molecular weight excluding hydrogens is 265 g/mol. The number of rotatable bonds is 5. The molecule has 0 saturated heterocycles. The fourth-order valence-corrected chi connectivity index (χ4v) is 1.98. The molecule has 3 N–H and O–H groups in total. The maximum atomic E-state index is 12.1. The van der Waals surface area contributed by atoms with Crippen LogP contribution in [0.2, 0.25) is 5.02 Å². The number of hydrazine groups is 1. The van der Waals surface area contributed by atoms with Crippen molar-refractivity contribution in [3.8, 4) is 0 Å². The molecule has 1 aromatic carbocycles. The number of nitrogens with two attached hydrogens (primary N) is 1. The monoisotopic (exact) mass is 280 g/mol. The van der Waals surface area contributed by atoms with Gasteiger partial charge in [-0.05, 0) is 37.0 Å². The van der Waals surface area contributed by atoms with E-state index in [1.807, 2.05) is 19.1 Å². The van der Waals surface area contributed by atoms with E-state index in [1.54, 1.807) is 6.07 Å². The molecule has 102 valence electrons. The van der Waals surface area contributed by atoms with Crippen molar-refractivity contribution in [1.82, 2.24) is 5.43 Å². The smallest absolute Gasteiger partial charge is 0.271 e. The number of hydrogen-bond acceptors (Lipinski definition) is 2. The quantitative estimate of drug-likeness (QED) is 0.641. The molecule has 1 rings (SSSR count). The molecule has 0 saturated carbocycles. The van der Waals surface area contributed by atoms with E-state index in [0.29, 0.717) is 11.4 Å². The van der Waals surface area contributed by atoms with Crippen LogP contribution in [-0.4, -0.2) is 12.2 Å². The van der Waals surface area contributed by atoms with Crippen LogP contribution in [0.3, 0.4) is 0 Å². The Morgan fingerprint density at radius 2 is 2.06 bits per heavy atom. The normalized spacial score (nSPS) is 13.7. The van der Waals surface area contributed by atoms with Crippen molar-refractivity contribution in [3.63, 3.8) is 0 Å². The van der Waals surface area contributed by atoms with E-state index in [4.69, 9.17) is 17.4 Å². The highest BCUT2D eigenvalue weighted by Gasteiger charge is 2.28. The van der Waals surface area contributed by atoms with Crippen LogP contribution in [0.25, 0.3) is 0 Å². The Kier molecular flexibility index (Phi) is 5.44. The molecule has 1 aromatic rings. The fourth-order valence-electron chi connectivity index (χ4n) is 1.67. The van der Waals surface area contributed by atoms with Gasteiger partial charge in [0.25, 0.3) is 0 Å². The number of alkyl halides is 3. The van der Waals surface area contributed by atoms with E-state index in [0.717, 1.165) is 11.1 Å². The van der Waals surface area contributed by atoms with Crippen LogP contribution in [-0.2, 0) is 6.42 Å². The topological polar surface area (TPSA) is 38.0 Å². The summed E-state index contributed by atoms with van der Waals surface area (Å²) in [5, 5.41) is 0.558. The lowest BCUT2D eigenvalue weighted by molar-refractivity contribution is -0.136. The van der Waals surface area contributed by atoms with Crippen molar-refractivity contribution in [1.29, 1.82) is 0 Å². The first-order chi connectivity index (χ1) is 8.31. The molecule has 0 radical (unpaired) electrons. The van der Waals surface area contributed by atoms with Crippen LogP contribution in [0, 0.1) is 6.92 Å². The van der Waals surface area contributed by atoms with E-state index in [2.05, 4.69) is 5.43 Å². The Morgan fingerprint density at radius 3 is 2.56 bits per heavy atom. The molecule has 0 heterocycles. The second kappa shape index (κ2) is 6.41. The molecular formula is C12H16ClF3N2. The first-order valence-corrected chi connectivity index (χ1v) is 5.97. The highest BCUT2D eigenvalue weighted by atomic mass is 35.5. The van der Waals surface area contributed by atoms with Crippen molar-refractivity contribution < 1.29 is 13.2 Å². The maximum Gasteiger partial charge on any atom is 0.389 e. The number of benzene rings is 1. The summed E-state index contributed by atoms with van der Waals surface area (Å²) in [7, 11) is 0. The van der Waals surface area contributed by atoms with Crippen LogP contribution >= 0.6 is 11.6 Å². The van der Waals surface area contributed by atoms with E-state index < -0.39 is 18.6 Å². The first kappa shape index (κ1) is 15.3. The molecule has 6 heteroatoms. The lowest BCUT2D eigenvalue weighted by Crippen LogP contribution is -2.37. The Morgan fingerprint density at radius 1 is 1.39 bits per heavy atom. The summed E-state index contributed by atoms with van der Waals surface area (Å²) >= 11 is 6.03. The summed E-state index contributed by atoms with van der Waals surface area (Å²) in [6.45, 7) is 1.90. The second-order valence-corrected chi connectivity index (χ2v) is 4.72. The van der Waals surface area contributed by atoms with Gasteiger partial charge >= 0.3 is 6.18 Å². The average molecular weight is 281 g/mol. The fraction of sp³-hybridized carbons (Fsp3) is 0.500. The maximum absolute atomic E-state index is 12.1. The molecule has 0 bridgehead atoms. The lowest BCUT2D eigenvalue weighted by atomic mass is 10.0. The van der Waals surface area contributed by atoms with Crippen LogP contribution in [0.15, 0.2) is 18.2 Å². The van der Waals surface area contributed by atoms with Crippen molar-refractivity contribution in [2.75, 3.05) is 0 Å². The molecule has 1 unspecified atom stereocenters. The minimum atomic E-state index is -4.16. The van der Waals surface area contributed by atoms with Gasteiger partial charge in [0.05, 0.1) is 0 Å². The van der Waals surface area contributed by atoms with Gasteiger partial charge in [-0.2, -0.15) is 13.2 Å². The minimum absolute atomic E-state index is 0.0653. The van der Waals surface area contributed by atoms with Gasteiger partial charge in [0, 0.05) is 17.5 Å². The summed E-state index contributed by atoms with van der Waals surface area (Å²) in [5.74, 6) is 5.27. The van der Waals surface area contributed by atoms with Gasteiger partial charge in [-0.1, -0.05) is 23.7 Å². The molecule has 18 heavy (non-hydrogen) atoms. The van der Waals surface area contributed by atoms with Crippen molar-refractivity contribution in [2.24, 2.45) is 5.84 Å². The number of aryl methyl sites for hydroxylation is 1. The zero-order valence-corrected chi connectivity index (χ0v) is 10.8. The van der Waals surface area contributed by atoms with Gasteiger partial charge in [0.2, 0.25) is 0 Å². The molecule has 1 atom stereocenters. The van der Waals surface area contributed by atoms with E-state index in [1.165, 1.54) is 0 Å². The van der Waals surface area contributed by atoms with Gasteiger partial charge in [-0.15, -0.1) is 0 Å². The highest BCUT2D eigenvalue weighted by Crippen LogP contribution is 2.24. The molecule has 2 nitrogen and oxygen atoms in total. The van der Waals surface area contributed by atoms with Crippen molar-refractivity contribution in [3.05, 3.63) is 34.3 Å². The van der Waals surface area contributed by atoms with Crippen LogP contribution in [0.4, 0.5) is 13.2 Å². The Balaban J connectivity index is 2.62. The van der Waals surface area contributed by atoms with Crippen molar-refractivity contribution in [2.45, 2.75) is 38.4 Å². The van der Waals surface area contributed by atoms with Crippen molar-refractivity contribution >= 4 is 11.6 Å². The van der Waals surface area contributed by atoms with Gasteiger partial charge < -0.3 is 0 Å². The molecule has 0 aliphatic carbocycles. The zero-order chi connectivity index (χ0) is 13.8. The Labute approximate surface area is 109 Å². The van der Waals surface area contributed by atoms with E-state index in [9.17, 15) is 13.2 Å². The predicted octanol–water partition coefficient (Wildman–Crippen LogP) is 3.37. The van der Waals surface area contributed by atoms with Gasteiger partial charge in [-0.3, -0.25) is 11.3 Å². The van der Waals surface area contributed by atoms with E-state index in [-0.39, 0.29) is 6.42 Å². The third-order valence-electron chi connectivity index (χ3n) is 2.69. The highest BCUT2D eigenvalue weighted by molar-refractivity contribution is 6.31. The summed E-state index contributed by atoms with van der Waals surface area (Å²) in [6.07, 6.45) is -4.70. The molecule has 0 aromatic heterocycles. The first-order valence-electron chi connectivity index (χ1n) is 5.59. The van der Waals surface area contributed by atoms with Gasteiger partial charge in [-0.25, -0.2) is 0 Å². The van der Waals surface area contributed by atoms with Crippen LogP contribution < -0.4 is 11.3 Å². The Hall–Kier alpha value is -0.780. The van der Waals surface area contributed by atoms with Gasteiger partial charge in [0.15, 0.2) is 0 Å². The number of nitrogens with one attached hydrogen (secondary N) is 1. The van der Waals surface area contributed by atoms with Gasteiger partial charge in [0.1, 0.15) is 0 Å². The standard InChI is InChI=1S/C12H16ClF3N2/c1-8-2-3-9(11(13)6-8)7-10(18-17)4-5-12(14,15)16/h2-3,6,10,18H,4-5,7,17H2,1H3. The number of hydrogen-bond donors (Lipinski definition) is 2. The summed E-state index contributed by atoms with van der Waals surface area (Å²) in [4.78, 5) is 0. The average Bonchev–Trinajstić information content (AvgIpc) is 2.25.